The zero-order chi connectivity index (χ0) is 14.2. The van der Waals surface area contributed by atoms with Crippen LogP contribution in [0.25, 0.3) is 11.0 Å². The maximum atomic E-state index is 11.0. The van der Waals surface area contributed by atoms with Crippen molar-refractivity contribution >= 4 is 17.0 Å². The molecule has 1 unspecified atom stereocenters. The predicted molar refractivity (Wildman–Crippen MR) is 75.6 cm³/mol. The SMILES string of the molecule is CCc1nc2cc(C(=O)O)ccc2n1C(C)C(C)C. The minimum absolute atomic E-state index is 0.289. The lowest BCUT2D eigenvalue weighted by atomic mass is 10.1. The number of aromatic nitrogens is 2. The van der Waals surface area contributed by atoms with Crippen molar-refractivity contribution in [2.45, 2.75) is 40.2 Å². The third kappa shape index (κ3) is 2.35. The third-order valence-electron chi connectivity index (χ3n) is 3.70. The van der Waals surface area contributed by atoms with Gasteiger partial charge in [-0.3, -0.25) is 0 Å². The van der Waals surface area contributed by atoms with Crippen LogP contribution < -0.4 is 0 Å². The first-order valence-electron chi connectivity index (χ1n) is 6.69. The lowest BCUT2D eigenvalue weighted by Gasteiger charge is -2.20. The van der Waals surface area contributed by atoms with Gasteiger partial charge in [-0.1, -0.05) is 20.8 Å². The van der Waals surface area contributed by atoms with Gasteiger partial charge >= 0.3 is 5.97 Å². The lowest BCUT2D eigenvalue weighted by molar-refractivity contribution is 0.0697. The maximum absolute atomic E-state index is 11.0. The van der Waals surface area contributed by atoms with Crippen molar-refractivity contribution in [3.8, 4) is 0 Å². The molecular weight excluding hydrogens is 240 g/mol. The molecule has 1 N–H and O–H groups in total. The summed E-state index contributed by atoms with van der Waals surface area (Å²) >= 11 is 0. The van der Waals surface area contributed by atoms with E-state index < -0.39 is 5.97 Å². The first kappa shape index (κ1) is 13.6. The number of nitrogens with zero attached hydrogens (tertiary/aromatic N) is 2. The second-order valence-electron chi connectivity index (χ2n) is 5.24. The molecular formula is C15H20N2O2. The van der Waals surface area contributed by atoms with Gasteiger partial charge < -0.3 is 9.67 Å². The summed E-state index contributed by atoms with van der Waals surface area (Å²) in [6, 6.07) is 5.51. The molecule has 0 amide bonds. The fraction of sp³-hybridized carbons (Fsp3) is 0.467. The second-order valence-corrected chi connectivity index (χ2v) is 5.24. The summed E-state index contributed by atoms with van der Waals surface area (Å²) < 4.78 is 2.23. The molecule has 1 heterocycles. The number of hydrogen-bond donors (Lipinski definition) is 1. The van der Waals surface area contributed by atoms with Gasteiger partial charge in [0.25, 0.3) is 0 Å². The number of aromatic carboxylic acids is 1. The highest BCUT2D eigenvalue weighted by Gasteiger charge is 2.18. The molecule has 0 radical (unpaired) electrons. The molecule has 19 heavy (non-hydrogen) atoms. The van der Waals surface area contributed by atoms with Gasteiger partial charge in [0, 0.05) is 12.5 Å². The van der Waals surface area contributed by atoms with Crippen LogP contribution in [0.2, 0.25) is 0 Å². The van der Waals surface area contributed by atoms with Gasteiger partial charge in [-0.2, -0.15) is 0 Å². The molecule has 0 aliphatic heterocycles. The lowest BCUT2D eigenvalue weighted by Crippen LogP contribution is -2.14. The minimum atomic E-state index is -0.911. The summed E-state index contributed by atoms with van der Waals surface area (Å²) in [7, 11) is 0. The van der Waals surface area contributed by atoms with Crippen molar-refractivity contribution < 1.29 is 9.90 Å². The van der Waals surface area contributed by atoms with Crippen LogP contribution in [0.4, 0.5) is 0 Å². The van der Waals surface area contributed by atoms with Gasteiger partial charge in [0.2, 0.25) is 0 Å². The molecule has 1 atom stereocenters. The molecule has 0 saturated carbocycles. The Morgan fingerprint density at radius 3 is 2.58 bits per heavy atom. The second kappa shape index (κ2) is 5.03. The average Bonchev–Trinajstić information content (AvgIpc) is 2.74. The number of benzene rings is 1. The zero-order valence-corrected chi connectivity index (χ0v) is 11.8. The van der Waals surface area contributed by atoms with Crippen molar-refractivity contribution in [1.29, 1.82) is 0 Å². The van der Waals surface area contributed by atoms with E-state index in [1.165, 1.54) is 0 Å². The Kier molecular flexibility index (Phi) is 3.60. The third-order valence-corrected chi connectivity index (χ3v) is 3.70. The molecule has 0 aliphatic carbocycles. The summed E-state index contributed by atoms with van der Waals surface area (Å²) in [5.74, 6) is 0.604. The number of aryl methyl sites for hydroxylation is 1. The molecule has 0 bridgehead atoms. The molecule has 4 nitrogen and oxygen atoms in total. The molecule has 0 fully saturated rings. The van der Waals surface area contributed by atoms with Crippen LogP contribution in [0.5, 0.6) is 0 Å². The normalized spacial score (nSPS) is 13.1. The number of carboxylic acid groups (broad SMARTS) is 1. The Balaban J connectivity index is 2.65. The van der Waals surface area contributed by atoms with Gasteiger partial charge in [-0.15, -0.1) is 0 Å². The number of hydrogen-bond acceptors (Lipinski definition) is 2. The van der Waals surface area contributed by atoms with E-state index in [1.807, 2.05) is 6.07 Å². The summed E-state index contributed by atoms with van der Waals surface area (Å²) in [6.45, 7) is 8.61. The summed E-state index contributed by atoms with van der Waals surface area (Å²) in [4.78, 5) is 15.6. The number of imidazole rings is 1. The quantitative estimate of drug-likeness (QED) is 0.915. The number of carbonyl (C=O) groups is 1. The van der Waals surface area contributed by atoms with Gasteiger partial charge in [-0.05, 0) is 31.0 Å². The summed E-state index contributed by atoms with van der Waals surface area (Å²) in [5.41, 5.74) is 2.07. The van der Waals surface area contributed by atoms with Crippen molar-refractivity contribution in [2.24, 2.45) is 5.92 Å². The molecule has 2 rings (SSSR count). The minimum Gasteiger partial charge on any atom is -0.478 e. The van der Waals surface area contributed by atoms with Crippen LogP contribution in [0.3, 0.4) is 0 Å². The Morgan fingerprint density at radius 2 is 2.05 bits per heavy atom. The highest BCUT2D eigenvalue weighted by molar-refractivity contribution is 5.92. The maximum Gasteiger partial charge on any atom is 0.335 e. The van der Waals surface area contributed by atoms with E-state index in [2.05, 4.69) is 37.2 Å². The molecule has 102 valence electrons. The fourth-order valence-corrected chi connectivity index (χ4v) is 2.28. The molecule has 0 saturated heterocycles. The Bertz CT molecular complexity index is 614. The topological polar surface area (TPSA) is 55.1 Å². The first-order valence-corrected chi connectivity index (χ1v) is 6.69. The predicted octanol–water partition coefficient (Wildman–Crippen LogP) is 3.51. The summed E-state index contributed by atoms with van der Waals surface area (Å²) in [5, 5.41) is 9.04. The average molecular weight is 260 g/mol. The van der Waals surface area contributed by atoms with Crippen LogP contribution >= 0.6 is 0 Å². The van der Waals surface area contributed by atoms with E-state index in [-0.39, 0.29) is 5.56 Å². The molecule has 0 spiro atoms. The van der Waals surface area contributed by atoms with E-state index in [4.69, 9.17) is 5.11 Å². The van der Waals surface area contributed by atoms with E-state index in [1.54, 1.807) is 12.1 Å². The largest absolute Gasteiger partial charge is 0.478 e. The van der Waals surface area contributed by atoms with Crippen LogP contribution in [0, 0.1) is 5.92 Å². The van der Waals surface area contributed by atoms with Crippen LogP contribution in [-0.2, 0) is 6.42 Å². The molecule has 1 aromatic heterocycles. The van der Waals surface area contributed by atoms with Gasteiger partial charge in [0.15, 0.2) is 0 Å². The molecule has 0 aliphatic rings. The van der Waals surface area contributed by atoms with Gasteiger partial charge in [0.05, 0.1) is 16.6 Å². The van der Waals surface area contributed by atoms with Gasteiger partial charge in [-0.25, -0.2) is 9.78 Å². The van der Waals surface area contributed by atoms with E-state index in [0.717, 1.165) is 23.3 Å². The van der Waals surface area contributed by atoms with Crippen molar-refractivity contribution in [3.05, 3.63) is 29.6 Å². The standard InChI is InChI=1S/C15H20N2O2/c1-5-14-16-12-8-11(15(18)19)6-7-13(12)17(14)10(4)9(2)3/h6-10H,5H2,1-4H3,(H,18,19). The molecule has 1 aromatic carbocycles. The Labute approximate surface area is 113 Å². The highest BCUT2D eigenvalue weighted by atomic mass is 16.4. The first-order chi connectivity index (χ1) is 8.95. The van der Waals surface area contributed by atoms with E-state index in [0.29, 0.717) is 12.0 Å². The van der Waals surface area contributed by atoms with Crippen molar-refractivity contribution in [1.82, 2.24) is 9.55 Å². The van der Waals surface area contributed by atoms with Crippen LogP contribution in [0.15, 0.2) is 18.2 Å². The fourth-order valence-electron chi connectivity index (χ4n) is 2.28. The van der Waals surface area contributed by atoms with E-state index in [9.17, 15) is 4.79 Å². The zero-order valence-electron chi connectivity index (χ0n) is 11.8. The van der Waals surface area contributed by atoms with Crippen LogP contribution in [0.1, 0.15) is 49.9 Å². The monoisotopic (exact) mass is 260 g/mol. The van der Waals surface area contributed by atoms with Crippen molar-refractivity contribution in [3.63, 3.8) is 0 Å². The smallest absolute Gasteiger partial charge is 0.335 e. The number of rotatable bonds is 4. The highest BCUT2D eigenvalue weighted by Crippen LogP contribution is 2.26. The Morgan fingerprint density at radius 1 is 1.37 bits per heavy atom. The number of fused-ring (bicyclic) bond motifs is 1. The van der Waals surface area contributed by atoms with Crippen LogP contribution in [-0.4, -0.2) is 20.6 Å². The summed E-state index contributed by atoms with van der Waals surface area (Å²) in [6.07, 6.45) is 0.841. The number of carboxylic acids is 1. The molecule has 4 heteroatoms. The van der Waals surface area contributed by atoms with Gasteiger partial charge in [0.1, 0.15) is 5.82 Å². The molecule has 2 aromatic rings. The van der Waals surface area contributed by atoms with Crippen molar-refractivity contribution in [2.75, 3.05) is 0 Å². The van der Waals surface area contributed by atoms with E-state index >= 15 is 0 Å². The Hall–Kier alpha value is -1.84.